The Morgan fingerprint density at radius 3 is 2.30 bits per heavy atom. The van der Waals surface area contributed by atoms with Crippen LogP contribution in [-0.2, 0) is 24.3 Å². The summed E-state index contributed by atoms with van der Waals surface area (Å²) in [6.07, 6.45) is 8.24. The zero-order chi connectivity index (χ0) is 49.3. The number of methoxy groups -OCH3 is 1. The second-order valence-electron chi connectivity index (χ2n) is 19.6. The summed E-state index contributed by atoms with van der Waals surface area (Å²) in [5.74, 6) is 2.31. The number of H-pyrrole nitrogens is 1. The van der Waals surface area contributed by atoms with E-state index < -0.39 is 0 Å². The highest BCUT2D eigenvalue weighted by molar-refractivity contribution is 5.94. The number of carbonyl (C=O) groups excluding carboxylic acids is 3. The number of benzene rings is 2. The number of fused-ring (bicyclic) bond motifs is 1. The number of carbonyl (C=O) groups is 3. The highest BCUT2D eigenvalue weighted by Gasteiger charge is 2.30. The quantitative estimate of drug-likeness (QED) is 0.130. The number of hydrogen-bond donors (Lipinski definition) is 2. The number of piperidine rings is 2. The number of nitrogens with zero attached hydrogens (tertiary/aromatic N) is 8. The van der Waals surface area contributed by atoms with Gasteiger partial charge in [0.1, 0.15) is 17.2 Å². The van der Waals surface area contributed by atoms with Crippen LogP contribution in [-0.4, -0.2) is 163 Å². The lowest BCUT2D eigenvalue weighted by Gasteiger charge is -2.39. The van der Waals surface area contributed by atoms with Crippen LogP contribution < -0.4 is 25.2 Å². The fraction of sp³-hybridized carbons (Fsp3) is 0.491. The van der Waals surface area contributed by atoms with Crippen molar-refractivity contribution < 1.29 is 23.9 Å². The van der Waals surface area contributed by atoms with Gasteiger partial charge in [0, 0.05) is 133 Å². The number of piperazine rings is 2. The lowest BCUT2D eigenvalue weighted by molar-refractivity contribution is -0.131. The standard InChI is InChI=1S/C55H70N10O6/c1-4-41-30-49-50(59-53(41)67)28-40(32-57-49)37-61-20-24-62(25-21-61)46-12-14-48(58-34-46)55(69)64-26-22-60(23-27-64)36-39-15-18-63(19-16-39)54(68)43-9-6-8-42(29-43)45-10-7-17-65(38-45)52(66)35-56-33-44-11-13-47(70-3)31-51(44)71-5-2/h6,8-9,11-14,28-32,34,39,45,56H,4-5,7,10,15-27,33,35-38H2,1-3H3,(H,59,67). The largest absolute Gasteiger partial charge is 0.497 e. The van der Waals surface area contributed by atoms with Crippen molar-refractivity contribution in [3.63, 3.8) is 0 Å². The predicted molar refractivity (Wildman–Crippen MR) is 275 cm³/mol. The third kappa shape index (κ3) is 12.2. The van der Waals surface area contributed by atoms with E-state index in [-0.39, 0.29) is 35.7 Å². The van der Waals surface area contributed by atoms with Crippen LogP contribution in [0.25, 0.3) is 11.0 Å². The number of rotatable bonds is 16. The lowest BCUT2D eigenvalue weighted by atomic mass is 9.89. The monoisotopic (exact) mass is 967 g/mol. The molecule has 71 heavy (non-hydrogen) atoms. The van der Waals surface area contributed by atoms with Gasteiger partial charge in [0.05, 0.1) is 43.2 Å². The highest BCUT2D eigenvalue weighted by Crippen LogP contribution is 2.30. The molecular weight excluding hydrogens is 897 g/mol. The van der Waals surface area contributed by atoms with E-state index in [2.05, 4.69) is 47.1 Å². The SMILES string of the molecule is CCOc1cc(OC)ccc1CNCC(=O)N1CCCC(c2cccc(C(=O)N3CCC(CN4CCN(C(=O)c5ccc(N6CCN(Cc7cnc8cc(CC)c(=O)[nH]c8c7)CC6)cn5)CC4)CC3)c2)C1. The molecule has 9 rings (SSSR count). The van der Waals surface area contributed by atoms with Crippen molar-refractivity contribution in [3.8, 4) is 11.5 Å². The number of likely N-dealkylation sites (tertiary alicyclic amines) is 2. The third-order valence-electron chi connectivity index (χ3n) is 14.9. The Hall–Kier alpha value is -6.36. The summed E-state index contributed by atoms with van der Waals surface area (Å²) in [6.45, 7) is 16.3. The summed E-state index contributed by atoms with van der Waals surface area (Å²) in [5, 5.41) is 3.32. The van der Waals surface area contributed by atoms with Gasteiger partial charge in [-0.15, -0.1) is 0 Å². The molecule has 1 unspecified atom stereocenters. The van der Waals surface area contributed by atoms with Crippen molar-refractivity contribution in [1.82, 2.24) is 44.8 Å². The maximum Gasteiger partial charge on any atom is 0.272 e. The van der Waals surface area contributed by atoms with Gasteiger partial charge in [-0.1, -0.05) is 25.1 Å². The van der Waals surface area contributed by atoms with Crippen LogP contribution in [0.2, 0.25) is 0 Å². The Labute approximate surface area is 417 Å². The summed E-state index contributed by atoms with van der Waals surface area (Å²) in [6, 6.07) is 21.6. The van der Waals surface area contributed by atoms with Crippen LogP contribution in [0.1, 0.15) is 88.5 Å². The Morgan fingerprint density at radius 1 is 0.761 bits per heavy atom. The molecule has 3 amide bonds. The zero-order valence-corrected chi connectivity index (χ0v) is 41.7. The van der Waals surface area contributed by atoms with Gasteiger partial charge in [-0.2, -0.15) is 0 Å². The van der Waals surface area contributed by atoms with E-state index in [9.17, 15) is 19.2 Å². The minimum Gasteiger partial charge on any atom is -0.497 e. The predicted octanol–water partition coefficient (Wildman–Crippen LogP) is 5.42. The van der Waals surface area contributed by atoms with E-state index >= 15 is 0 Å². The van der Waals surface area contributed by atoms with Crippen LogP contribution in [0.5, 0.6) is 11.5 Å². The topological polar surface area (TPSA) is 160 Å². The average Bonchev–Trinajstić information content (AvgIpc) is 3.41. The van der Waals surface area contributed by atoms with Gasteiger partial charge in [-0.25, -0.2) is 4.98 Å². The Morgan fingerprint density at radius 2 is 1.55 bits per heavy atom. The van der Waals surface area contributed by atoms with Crippen LogP contribution >= 0.6 is 0 Å². The van der Waals surface area contributed by atoms with E-state index in [1.165, 1.54) is 0 Å². The summed E-state index contributed by atoms with van der Waals surface area (Å²) < 4.78 is 11.2. The number of pyridine rings is 3. The fourth-order valence-electron chi connectivity index (χ4n) is 10.7. The molecule has 376 valence electrons. The Kier molecular flexibility index (Phi) is 16.2. The van der Waals surface area contributed by atoms with Gasteiger partial charge < -0.3 is 39.4 Å². The molecule has 0 spiro atoms. The zero-order valence-electron chi connectivity index (χ0n) is 41.7. The molecule has 0 saturated carbocycles. The van der Waals surface area contributed by atoms with Crippen molar-refractivity contribution in [1.29, 1.82) is 0 Å². The summed E-state index contributed by atoms with van der Waals surface area (Å²) >= 11 is 0. The first-order chi connectivity index (χ1) is 34.6. The van der Waals surface area contributed by atoms with E-state index in [1.54, 1.807) is 7.11 Å². The number of hydrogen-bond acceptors (Lipinski definition) is 12. The molecule has 0 radical (unpaired) electrons. The number of ether oxygens (including phenoxy) is 2. The molecule has 2 aromatic carbocycles. The van der Waals surface area contributed by atoms with E-state index in [1.807, 2.05) is 95.5 Å². The van der Waals surface area contributed by atoms with Crippen molar-refractivity contribution in [3.05, 3.63) is 123 Å². The van der Waals surface area contributed by atoms with Crippen LogP contribution in [0.3, 0.4) is 0 Å². The number of nitrogens with one attached hydrogen (secondary N) is 2. The molecule has 2 N–H and O–H groups in total. The molecule has 4 saturated heterocycles. The first-order valence-corrected chi connectivity index (χ1v) is 25.8. The van der Waals surface area contributed by atoms with Crippen LogP contribution in [0, 0.1) is 5.92 Å². The van der Waals surface area contributed by atoms with Crippen molar-refractivity contribution in [2.75, 3.05) is 110 Å². The highest BCUT2D eigenvalue weighted by atomic mass is 16.5. The minimum atomic E-state index is -0.0450. The molecule has 16 heteroatoms. The molecule has 0 bridgehead atoms. The first kappa shape index (κ1) is 49.6. The van der Waals surface area contributed by atoms with Crippen molar-refractivity contribution >= 4 is 34.4 Å². The fourth-order valence-corrected chi connectivity index (χ4v) is 10.7. The van der Waals surface area contributed by atoms with E-state index in [4.69, 9.17) is 9.47 Å². The smallest absolute Gasteiger partial charge is 0.272 e. The first-order valence-electron chi connectivity index (χ1n) is 25.8. The number of aryl methyl sites for hydroxylation is 1. The Balaban J connectivity index is 0.676. The van der Waals surface area contributed by atoms with Crippen molar-refractivity contribution in [2.24, 2.45) is 5.92 Å². The third-order valence-corrected chi connectivity index (χ3v) is 14.9. The molecule has 16 nitrogen and oxygen atoms in total. The molecule has 4 fully saturated rings. The molecular formula is C55H70N10O6. The molecule has 5 aromatic rings. The maximum absolute atomic E-state index is 13.8. The number of aromatic nitrogens is 3. The molecule has 1 atom stereocenters. The second kappa shape index (κ2) is 23.2. The number of amides is 3. The second-order valence-corrected chi connectivity index (χ2v) is 19.6. The maximum atomic E-state index is 13.8. The van der Waals surface area contributed by atoms with Gasteiger partial charge in [0.15, 0.2) is 0 Å². The van der Waals surface area contributed by atoms with Gasteiger partial charge in [-0.05, 0) is 98.5 Å². The number of anilines is 1. The summed E-state index contributed by atoms with van der Waals surface area (Å²) in [7, 11) is 1.63. The summed E-state index contributed by atoms with van der Waals surface area (Å²) in [4.78, 5) is 78.4. The molecule has 4 aliphatic heterocycles. The molecule has 7 heterocycles. The van der Waals surface area contributed by atoms with E-state index in [0.717, 1.165) is 154 Å². The average molecular weight is 967 g/mol. The molecule has 0 aliphatic carbocycles. The van der Waals surface area contributed by atoms with Gasteiger partial charge >= 0.3 is 0 Å². The normalized spacial score (nSPS) is 18.5. The van der Waals surface area contributed by atoms with Gasteiger partial charge in [0.2, 0.25) is 5.91 Å². The molecule has 4 aliphatic rings. The minimum absolute atomic E-state index is 0.0200. The van der Waals surface area contributed by atoms with Gasteiger partial charge in [-0.3, -0.25) is 34.0 Å². The Bertz CT molecular complexity index is 2690. The number of aromatic amines is 1. The van der Waals surface area contributed by atoms with Gasteiger partial charge in [0.25, 0.3) is 17.4 Å². The van der Waals surface area contributed by atoms with Crippen LogP contribution in [0.4, 0.5) is 5.69 Å². The molecule has 3 aromatic heterocycles. The van der Waals surface area contributed by atoms with E-state index in [0.29, 0.717) is 50.8 Å². The van der Waals surface area contributed by atoms with Crippen LogP contribution in [0.15, 0.2) is 83.9 Å². The van der Waals surface area contributed by atoms with Crippen molar-refractivity contribution in [2.45, 2.75) is 65.0 Å². The summed E-state index contributed by atoms with van der Waals surface area (Å²) in [5.41, 5.74) is 7.69. The lowest BCUT2D eigenvalue weighted by Crippen LogP contribution is -2.51.